The van der Waals surface area contributed by atoms with Crippen molar-refractivity contribution in [2.24, 2.45) is 0 Å². The van der Waals surface area contributed by atoms with Crippen LogP contribution in [-0.2, 0) is 16.0 Å². The fourth-order valence-corrected chi connectivity index (χ4v) is 3.03. The van der Waals surface area contributed by atoms with Crippen LogP contribution in [0.15, 0.2) is 34.9 Å². The molecule has 126 valence electrons. The maximum absolute atomic E-state index is 12.2. The minimum Gasteiger partial charge on any atom is -0.338 e. The van der Waals surface area contributed by atoms with Crippen LogP contribution in [0.5, 0.6) is 0 Å². The van der Waals surface area contributed by atoms with Gasteiger partial charge in [-0.15, -0.1) is 0 Å². The summed E-state index contributed by atoms with van der Waals surface area (Å²) in [6.07, 6.45) is 1.19. The zero-order chi connectivity index (χ0) is 17.1. The molecule has 24 heavy (non-hydrogen) atoms. The fourth-order valence-electron chi connectivity index (χ4n) is 3.03. The monoisotopic (exact) mass is 327 g/mol. The number of nitrogens with one attached hydrogen (secondary N) is 1. The number of amides is 2. The van der Waals surface area contributed by atoms with Crippen molar-refractivity contribution < 1.29 is 14.1 Å². The molecular weight excluding hydrogens is 306 g/mol. The molecule has 1 aliphatic rings. The van der Waals surface area contributed by atoms with Crippen LogP contribution in [0.1, 0.15) is 36.1 Å². The molecule has 6 nitrogen and oxygen atoms in total. The second kappa shape index (κ2) is 6.86. The van der Waals surface area contributed by atoms with Gasteiger partial charge in [0.15, 0.2) is 0 Å². The Kier molecular flexibility index (Phi) is 4.64. The molecule has 1 aromatic heterocycles. The zero-order valence-electron chi connectivity index (χ0n) is 13.9. The van der Waals surface area contributed by atoms with Gasteiger partial charge in [0, 0.05) is 24.4 Å². The second-order valence-corrected chi connectivity index (χ2v) is 6.07. The van der Waals surface area contributed by atoms with Gasteiger partial charge in [-0.05, 0) is 18.9 Å². The molecule has 1 atom stereocenters. The Morgan fingerprint density at radius 3 is 2.79 bits per heavy atom. The summed E-state index contributed by atoms with van der Waals surface area (Å²) in [4.78, 5) is 26.0. The van der Waals surface area contributed by atoms with Gasteiger partial charge in [0.25, 0.3) is 0 Å². The van der Waals surface area contributed by atoms with Crippen molar-refractivity contribution in [1.29, 1.82) is 0 Å². The van der Waals surface area contributed by atoms with Crippen molar-refractivity contribution in [2.45, 2.75) is 32.6 Å². The average Bonchev–Trinajstić information content (AvgIpc) is 3.12. The maximum Gasteiger partial charge on any atom is 0.246 e. The normalized spacial score (nSPS) is 17.3. The molecule has 1 saturated heterocycles. The van der Waals surface area contributed by atoms with E-state index in [0.717, 1.165) is 23.2 Å². The highest BCUT2D eigenvalue weighted by Gasteiger charge is 2.31. The summed E-state index contributed by atoms with van der Waals surface area (Å²) in [6.45, 7) is 4.43. The largest absolute Gasteiger partial charge is 0.338 e. The molecule has 6 heteroatoms. The molecule has 0 radical (unpaired) electrons. The van der Waals surface area contributed by atoms with Gasteiger partial charge in [-0.3, -0.25) is 14.9 Å². The third kappa shape index (κ3) is 3.32. The Morgan fingerprint density at radius 1 is 1.38 bits per heavy atom. The Hall–Kier alpha value is -2.63. The summed E-state index contributed by atoms with van der Waals surface area (Å²) in [6, 6.07) is 9.92. The molecule has 0 aliphatic carbocycles. The van der Waals surface area contributed by atoms with E-state index in [2.05, 4.69) is 10.5 Å². The summed E-state index contributed by atoms with van der Waals surface area (Å²) in [5, 5.41) is 6.62. The predicted octanol–water partition coefficient (Wildman–Crippen LogP) is 2.50. The molecule has 1 aromatic carbocycles. The van der Waals surface area contributed by atoms with E-state index in [-0.39, 0.29) is 24.3 Å². The lowest BCUT2D eigenvalue weighted by atomic mass is 9.99. The van der Waals surface area contributed by atoms with E-state index in [1.807, 2.05) is 44.2 Å². The predicted molar refractivity (Wildman–Crippen MR) is 89.6 cm³/mol. The van der Waals surface area contributed by atoms with E-state index in [1.165, 1.54) is 0 Å². The molecule has 1 aliphatic heterocycles. The number of hydrogen-bond acceptors (Lipinski definition) is 4. The quantitative estimate of drug-likeness (QED) is 0.915. The van der Waals surface area contributed by atoms with Gasteiger partial charge in [-0.1, -0.05) is 42.4 Å². The molecule has 0 spiro atoms. The Morgan fingerprint density at radius 2 is 2.12 bits per heavy atom. The number of aryl methyl sites for hydroxylation is 1. The van der Waals surface area contributed by atoms with Gasteiger partial charge in [-0.2, -0.15) is 0 Å². The average molecular weight is 327 g/mol. The van der Waals surface area contributed by atoms with Crippen LogP contribution in [0.4, 0.5) is 5.88 Å². The Balaban J connectivity index is 1.60. The van der Waals surface area contributed by atoms with Crippen LogP contribution in [0.25, 0.3) is 0 Å². The first-order valence-electron chi connectivity index (χ1n) is 8.16. The van der Waals surface area contributed by atoms with Crippen molar-refractivity contribution in [3.05, 3.63) is 47.2 Å². The van der Waals surface area contributed by atoms with Crippen molar-refractivity contribution in [3.63, 3.8) is 0 Å². The van der Waals surface area contributed by atoms with Crippen LogP contribution in [0.3, 0.4) is 0 Å². The van der Waals surface area contributed by atoms with Crippen molar-refractivity contribution in [3.8, 4) is 0 Å². The molecule has 2 aromatic rings. The zero-order valence-corrected chi connectivity index (χ0v) is 13.9. The summed E-state index contributed by atoms with van der Waals surface area (Å²) in [5.41, 5.74) is 2.79. The number of aromatic nitrogens is 1. The highest BCUT2D eigenvalue weighted by Crippen LogP contribution is 2.28. The van der Waals surface area contributed by atoms with E-state index in [1.54, 1.807) is 4.90 Å². The van der Waals surface area contributed by atoms with E-state index < -0.39 is 0 Å². The first-order chi connectivity index (χ1) is 11.6. The van der Waals surface area contributed by atoms with Gasteiger partial charge in [0.1, 0.15) is 0 Å². The van der Waals surface area contributed by atoms with Crippen LogP contribution in [0.2, 0.25) is 0 Å². The minimum absolute atomic E-state index is 0.00235. The van der Waals surface area contributed by atoms with Crippen LogP contribution >= 0.6 is 0 Å². The minimum atomic E-state index is -0.265. The van der Waals surface area contributed by atoms with Gasteiger partial charge < -0.3 is 9.42 Å². The van der Waals surface area contributed by atoms with Gasteiger partial charge in [0.2, 0.25) is 17.7 Å². The number of nitrogens with zero attached hydrogens (tertiary/aromatic N) is 2. The Bertz CT molecular complexity index is 739. The first-order valence-corrected chi connectivity index (χ1v) is 8.16. The molecule has 1 unspecified atom stereocenters. The van der Waals surface area contributed by atoms with Crippen molar-refractivity contribution in [1.82, 2.24) is 10.1 Å². The number of anilines is 1. The number of carbonyl (C=O) groups is 2. The summed E-state index contributed by atoms with van der Waals surface area (Å²) >= 11 is 0. The van der Waals surface area contributed by atoms with E-state index >= 15 is 0 Å². The molecule has 1 N–H and O–H groups in total. The molecule has 2 amide bonds. The van der Waals surface area contributed by atoms with Crippen LogP contribution < -0.4 is 5.32 Å². The lowest BCUT2D eigenvalue weighted by Crippen LogP contribution is -2.34. The molecule has 2 heterocycles. The van der Waals surface area contributed by atoms with E-state index in [9.17, 15) is 9.59 Å². The van der Waals surface area contributed by atoms with E-state index in [4.69, 9.17) is 4.52 Å². The van der Waals surface area contributed by atoms with Crippen LogP contribution in [-0.4, -0.2) is 35.0 Å². The maximum atomic E-state index is 12.2. The lowest BCUT2D eigenvalue weighted by Gasteiger charge is -2.16. The van der Waals surface area contributed by atoms with Crippen molar-refractivity contribution in [2.75, 3.05) is 18.4 Å². The summed E-state index contributed by atoms with van der Waals surface area (Å²) in [7, 11) is 0. The summed E-state index contributed by atoms with van der Waals surface area (Å²) in [5.74, 6) is 0.245. The highest BCUT2D eigenvalue weighted by atomic mass is 16.5. The smallest absolute Gasteiger partial charge is 0.246 e. The number of likely N-dealkylation sites (tertiary alicyclic amines) is 1. The van der Waals surface area contributed by atoms with E-state index in [0.29, 0.717) is 18.8 Å². The molecular formula is C18H21N3O3. The molecule has 1 fully saturated rings. The SMILES string of the molecule is CCc1noc(NC(=O)CN2CC(c3ccccc3)CC2=O)c1C. The van der Waals surface area contributed by atoms with Gasteiger partial charge in [-0.25, -0.2) is 0 Å². The highest BCUT2D eigenvalue weighted by molar-refractivity contribution is 5.94. The molecule has 0 bridgehead atoms. The summed E-state index contributed by atoms with van der Waals surface area (Å²) < 4.78 is 5.15. The lowest BCUT2D eigenvalue weighted by molar-refractivity contribution is -0.131. The van der Waals surface area contributed by atoms with Gasteiger partial charge >= 0.3 is 0 Å². The molecule has 0 saturated carbocycles. The number of carbonyl (C=O) groups excluding carboxylic acids is 2. The standard InChI is InChI=1S/C18H21N3O3/c1-3-15-12(2)18(24-20-15)19-16(22)11-21-10-14(9-17(21)23)13-7-5-4-6-8-13/h4-8,14H,3,9-11H2,1-2H3,(H,19,22). The third-order valence-corrected chi connectivity index (χ3v) is 4.43. The first kappa shape index (κ1) is 16.2. The number of hydrogen-bond donors (Lipinski definition) is 1. The number of benzene rings is 1. The van der Waals surface area contributed by atoms with Crippen LogP contribution in [0, 0.1) is 6.92 Å². The van der Waals surface area contributed by atoms with Crippen molar-refractivity contribution >= 4 is 17.7 Å². The second-order valence-electron chi connectivity index (χ2n) is 6.07. The van der Waals surface area contributed by atoms with Gasteiger partial charge in [0.05, 0.1) is 12.2 Å². The third-order valence-electron chi connectivity index (χ3n) is 4.43. The Labute approximate surface area is 140 Å². The molecule has 3 rings (SSSR count). The fraction of sp³-hybridized carbons (Fsp3) is 0.389. The topological polar surface area (TPSA) is 75.4 Å². The number of rotatable bonds is 5.